The van der Waals surface area contributed by atoms with Crippen LogP contribution in [0.15, 0.2) is 0 Å². The normalized spacial score (nSPS) is 14.6. The molecule has 0 aromatic heterocycles. The molecule has 0 bridgehead atoms. The number of thiol groups is 1. The van der Waals surface area contributed by atoms with E-state index >= 15 is 0 Å². The molecule has 0 aromatic carbocycles. The molecule has 21 heavy (non-hydrogen) atoms. The van der Waals surface area contributed by atoms with Gasteiger partial charge in [-0.25, -0.2) is 4.79 Å². The number of nitrogens with two attached hydrogens (primary N) is 2. The van der Waals surface area contributed by atoms with E-state index < -0.39 is 54.8 Å². The van der Waals surface area contributed by atoms with Crippen molar-refractivity contribution in [3.63, 3.8) is 0 Å². The van der Waals surface area contributed by atoms with Crippen molar-refractivity contribution in [1.29, 1.82) is 0 Å². The molecule has 10 nitrogen and oxygen atoms in total. The molecular weight excluding hydrogens is 304 g/mol. The van der Waals surface area contributed by atoms with Crippen LogP contribution in [0.25, 0.3) is 0 Å². The fraction of sp³-hybridized carbons (Fsp3) is 0.600. The van der Waals surface area contributed by atoms with E-state index in [0.29, 0.717) is 0 Å². The van der Waals surface area contributed by atoms with Crippen LogP contribution in [-0.4, -0.2) is 64.4 Å². The lowest BCUT2D eigenvalue weighted by Crippen LogP contribution is -2.56. The number of carbonyl (C=O) groups excluding carboxylic acids is 3. The second-order valence-corrected chi connectivity index (χ2v) is 4.47. The predicted molar refractivity (Wildman–Crippen MR) is 74.2 cm³/mol. The number of aliphatic carboxylic acids is 1. The number of amides is 3. The molecule has 0 fully saturated rings. The first-order chi connectivity index (χ1) is 9.72. The van der Waals surface area contributed by atoms with E-state index in [1.165, 1.54) is 0 Å². The van der Waals surface area contributed by atoms with Gasteiger partial charge in [0.05, 0.1) is 19.1 Å². The fourth-order valence-electron chi connectivity index (χ4n) is 1.23. The van der Waals surface area contributed by atoms with Crippen LogP contribution >= 0.6 is 12.6 Å². The van der Waals surface area contributed by atoms with Gasteiger partial charge in [-0.05, 0) is 0 Å². The van der Waals surface area contributed by atoms with Crippen LogP contribution in [0.5, 0.6) is 0 Å². The molecule has 8 N–H and O–H groups in total. The van der Waals surface area contributed by atoms with Crippen LogP contribution in [0.1, 0.15) is 6.42 Å². The van der Waals surface area contributed by atoms with Gasteiger partial charge in [-0.15, -0.1) is 0 Å². The zero-order chi connectivity index (χ0) is 16.6. The lowest BCUT2D eigenvalue weighted by Gasteiger charge is -2.20. The molecular formula is C10H18N4O6S. The molecule has 0 saturated heterocycles. The number of nitrogens with one attached hydrogen (secondary N) is 2. The highest BCUT2D eigenvalue weighted by Gasteiger charge is 2.28. The number of aliphatic hydroxyl groups is 1. The Hall–Kier alpha value is -1.85. The van der Waals surface area contributed by atoms with Crippen LogP contribution in [-0.2, 0) is 19.2 Å². The number of primary amides is 1. The monoisotopic (exact) mass is 322 g/mol. The second-order valence-electron chi connectivity index (χ2n) is 4.10. The van der Waals surface area contributed by atoms with E-state index in [4.69, 9.17) is 21.7 Å². The predicted octanol–water partition coefficient (Wildman–Crippen LogP) is -3.83. The van der Waals surface area contributed by atoms with Crippen molar-refractivity contribution in [2.75, 3.05) is 12.4 Å². The third kappa shape index (κ3) is 6.92. The summed E-state index contributed by atoms with van der Waals surface area (Å²) in [5.74, 6) is -4.10. The smallest absolute Gasteiger partial charge is 0.326 e. The first-order valence-electron chi connectivity index (χ1n) is 5.82. The molecule has 0 aliphatic rings. The summed E-state index contributed by atoms with van der Waals surface area (Å²) >= 11 is 3.80. The minimum absolute atomic E-state index is 0.0189. The van der Waals surface area contributed by atoms with Gasteiger partial charge in [0.1, 0.15) is 12.1 Å². The summed E-state index contributed by atoms with van der Waals surface area (Å²) in [5.41, 5.74) is 10.2. The van der Waals surface area contributed by atoms with E-state index in [1.807, 2.05) is 5.32 Å². The Morgan fingerprint density at radius 3 is 2.00 bits per heavy atom. The number of rotatable bonds is 9. The number of carboxylic acids is 1. The highest BCUT2D eigenvalue weighted by atomic mass is 32.1. The molecule has 0 saturated carbocycles. The van der Waals surface area contributed by atoms with E-state index in [-0.39, 0.29) is 5.75 Å². The Morgan fingerprint density at radius 2 is 1.62 bits per heavy atom. The first-order valence-corrected chi connectivity index (χ1v) is 6.45. The second kappa shape index (κ2) is 9.15. The lowest BCUT2D eigenvalue weighted by atomic mass is 10.1. The summed E-state index contributed by atoms with van der Waals surface area (Å²) in [6.07, 6.45) is -0.622. The Balaban J connectivity index is 4.73. The first kappa shape index (κ1) is 19.1. The minimum Gasteiger partial charge on any atom is -0.480 e. The molecule has 3 atom stereocenters. The summed E-state index contributed by atoms with van der Waals surface area (Å²) < 4.78 is 0. The molecule has 0 aromatic rings. The van der Waals surface area contributed by atoms with Crippen LogP contribution in [0.3, 0.4) is 0 Å². The lowest BCUT2D eigenvalue weighted by molar-refractivity contribution is -0.144. The zero-order valence-corrected chi connectivity index (χ0v) is 11.9. The van der Waals surface area contributed by atoms with Crippen LogP contribution in [0, 0.1) is 0 Å². The molecule has 0 unspecified atom stereocenters. The topological polar surface area (TPSA) is 185 Å². The molecule has 0 aliphatic heterocycles. The van der Waals surface area contributed by atoms with Gasteiger partial charge in [0, 0.05) is 5.75 Å². The number of aliphatic hydroxyl groups excluding tert-OH is 1. The maximum Gasteiger partial charge on any atom is 0.326 e. The van der Waals surface area contributed by atoms with E-state index in [0.717, 1.165) is 0 Å². The maximum absolute atomic E-state index is 11.8. The Bertz CT molecular complexity index is 418. The standard InChI is InChI=1S/C10H18N4O6S/c11-4(3-21)8(17)14-6(2-15)9(18)13-5(10(19)20)1-7(12)16/h4-6,15,21H,1-3,11H2,(H2,12,16)(H,13,18)(H,14,17)(H,19,20)/t4-,5-,6-/m0/s1. The number of carboxylic acid groups (broad SMARTS) is 1. The van der Waals surface area contributed by atoms with E-state index in [2.05, 4.69) is 17.9 Å². The van der Waals surface area contributed by atoms with Gasteiger partial charge in [0.25, 0.3) is 0 Å². The van der Waals surface area contributed by atoms with Gasteiger partial charge in [0.15, 0.2) is 0 Å². The number of hydrogen-bond donors (Lipinski definition) is 7. The number of hydrogen-bond acceptors (Lipinski definition) is 7. The van der Waals surface area contributed by atoms with Gasteiger partial charge in [-0.2, -0.15) is 12.6 Å². The molecule has 0 rings (SSSR count). The highest BCUT2D eigenvalue weighted by molar-refractivity contribution is 7.80. The van der Waals surface area contributed by atoms with E-state index in [1.54, 1.807) is 0 Å². The number of carbonyl (C=O) groups is 4. The van der Waals surface area contributed by atoms with Crippen molar-refractivity contribution < 1.29 is 29.4 Å². The average Bonchev–Trinajstić information content (AvgIpc) is 2.41. The third-order valence-electron chi connectivity index (χ3n) is 2.37. The third-order valence-corrected chi connectivity index (χ3v) is 2.76. The summed E-state index contributed by atoms with van der Waals surface area (Å²) in [5, 5.41) is 22.0. The molecule has 120 valence electrons. The van der Waals surface area contributed by atoms with Gasteiger partial charge in [-0.3, -0.25) is 14.4 Å². The summed E-state index contributed by atoms with van der Waals surface area (Å²) in [4.78, 5) is 44.8. The fourth-order valence-corrected chi connectivity index (χ4v) is 1.40. The van der Waals surface area contributed by atoms with Crippen molar-refractivity contribution >= 4 is 36.3 Å². The summed E-state index contributed by atoms with van der Waals surface area (Å²) in [6, 6.07) is -3.95. The van der Waals surface area contributed by atoms with Crippen molar-refractivity contribution in [2.24, 2.45) is 11.5 Å². The SMILES string of the molecule is NC(=O)C[C@H](NC(=O)[C@H](CO)NC(=O)[C@@H](N)CS)C(=O)O. The summed E-state index contributed by atoms with van der Waals surface area (Å²) in [6.45, 7) is -0.778. The largest absolute Gasteiger partial charge is 0.480 e. The highest BCUT2D eigenvalue weighted by Crippen LogP contribution is 1.95. The molecule has 0 spiro atoms. The minimum atomic E-state index is -1.56. The molecule has 11 heteroatoms. The Kier molecular flexibility index (Phi) is 8.35. The summed E-state index contributed by atoms with van der Waals surface area (Å²) in [7, 11) is 0. The molecule has 0 aliphatic carbocycles. The van der Waals surface area contributed by atoms with Crippen LogP contribution in [0.2, 0.25) is 0 Å². The van der Waals surface area contributed by atoms with Crippen LogP contribution in [0.4, 0.5) is 0 Å². The van der Waals surface area contributed by atoms with Gasteiger partial charge in [-0.1, -0.05) is 0 Å². The average molecular weight is 322 g/mol. The van der Waals surface area contributed by atoms with Gasteiger partial charge in [0.2, 0.25) is 17.7 Å². The maximum atomic E-state index is 11.8. The molecule has 3 amide bonds. The van der Waals surface area contributed by atoms with Gasteiger partial charge < -0.3 is 32.3 Å². The Morgan fingerprint density at radius 1 is 1.10 bits per heavy atom. The van der Waals surface area contributed by atoms with Crippen molar-refractivity contribution in [2.45, 2.75) is 24.5 Å². The van der Waals surface area contributed by atoms with Crippen LogP contribution < -0.4 is 22.1 Å². The molecule has 0 heterocycles. The zero-order valence-electron chi connectivity index (χ0n) is 11.0. The quantitative estimate of drug-likeness (QED) is 0.212. The van der Waals surface area contributed by atoms with Crippen molar-refractivity contribution in [1.82, 2.24) is 10.6 Å². The Labute approximate surface area is 125 Å². The van der Waals surface area contributed by atoms with E-state index in [9.17, 15) is 19.2 Å². The van der Waals surface area contributed by atoms with Gasteiger partial charge >= 0.3 is 5.97 Å². The molecule has 0 radical (unpaired) electrons. The van der Waals surface area contributed by atoms with Crippen molar-refractivity contribution in [3.8, 4) is 0 Å². The van der Waals surface area contributed by atoms with Crippen molar-refractivity contribution in [3.05, 3.63) is 0 Å².